The van der Waals surface area contributed by atoms with Crippen LogP contribution in [0.3, 0.4) is 0 Å². The van der Waals surface area contributed by atoms with Crippen LogP contribution in [0.1, 0.15) is 35.9 Å². The fourth-order valence-electron chi connectivity index (χ4n) is 3.29. The van der Waals surface area contributed by atoms with Gasteiger partial charge in [-0.3, -0.25) is 9.79 Å². The number of carbonyl (C=O) groups excluding carboxylic acids is 1. The van der Waals surface area contributed by atoms with Gasteiger partial charge in [0.2, 0.25) is 0 Å². The van der Waals surface area contributed by atoms with E-state index in [1.54, 1.807) is 6.07 Å². The number of furan rings is 1. The summed E-state index contributed by atoms with van der Waals surface area (Å²) in [6, 6.07) is 12.4. The number of nitrogens with one attached hydrogen (secondary N) is 3. The minimum absolute atomic E-state index is 0.171. The molecular weight excluding hydrogens is 378 g/mol. The van der Waals surface area contributed by atoms with Crippen molar-refractivity contribution in [2.75, 3.05) is 26.2 Å². The number of carbonyl (C=O) groups is 1. The molecule has 0 fully saturated rings. The number of hydrogen-bond donors (Lipinski definition) is 3. The molecule has 0 radical (unpaired) electrons. The number of fused-ring (bicyclic) bond motifs is 1. The Morgan fingerprint density at radius 2 is 1.90 bits per heavy atom. The van der Waals surface area contributed by atoms with Crippen molar-refractivity contribution < 1.29 is 9.21 Å². The lowest BCUT2D eigenvalue weighted by Crippen LogP contribution is -2.39. The fourth-order valence-corrected chi connectivity index (χ4v) is 3.29. The second kappa shape index (κ2) is 11.1. The van der Waals surface area contributed by atoms with Gasteiger partial charge in [-0.05, 0) is 50.3 Å². The van der Waals surface area contributed by atoms with E-state index in [0.717, 1.165) is 50.5 Å². The summed E-state index contributed by atoms with van der Waals surface area (Å²) < 4.78 is 7.47. The van der Waals surface area contributed by atoms with Crippen molar-refractivity contribution in [2.24, 2.45) is 4.99 Å². The Morgan fingerprint density at radius 3 is 2.70 bits per heavy atom. The van der Waals surface area contributed by atoms with Crippen molar-refractivity contribution in [1.82, 2.24) is 20.5 Å². The summed E-state index contributed by atoms with van der Waals surface area (Å²) in [6.45, 7) is 7.71. The molecule has 30 heavy (non-hydrogen) atoms. The molecule has 160 valence electrons. The molecule has 2 aromatic heterocycles. The number of nitrogens with zero attached hydrogens (tertiary/aromatic N) is 2. The predicted molar refractivity (Wildman–Crippen MR) is 121 cm³/mol. The maximum Gasteiger partial charge on any atom is 0.287 e. The van der Waals surface area contributed by atoms with E-state index in [2.05, 4.69) is 69.0 Å². The van der Waals surface area contributed by atoms with Gasteiger partial charge in [0.05, 0.1) is 6.26 Å². The Kier molecular flexibility index (Phi) is 7.94. The number of benzene rings is 1. The summed E-state index contributed by atoms with van der Waals surface area (Å²) in [5, 5.41) is 10.7. The van der Waals surface area contributed by atoms with Crippen molar-refractivity contribution in [2.45, 2.75) is 33.2 Å². The highest BCUT2D eigenvalue weighted by Gasteiger charge is 2.11. The van der Waals surface area contributed by atoms with Gasteiger partial charge in [0, 0.05) is 50.0 Å². The first-order valence-corrected chi connectivity index (χ1v) is 10.6. The van der Waals surface area contributed by atoms with Crippen molar-refractivity contribution >= 4 is 22.8 Å². The summed E-state index contributed by atoms with van der Waals surface area (Å²) in [4.78, 5) is 16.7. The SMILES string of the molecule is CCNC(=NCCCn1ccc2ccccc21)NCCCNC(=O)c1occc1C. The molecule has 0 aliphatic rings. The molecule has 0 saturated heterocycles. The number of guanidine groups is 1. The van der Waals surface area contributed by atoms with Crippen LogP contribution in [0.15, 0.2) is 58.3 Å². The quantitative estimate of drug-likeness (QED) is 0.273. The van der Waals surface area contributed by atoms with Crippen LogP contribution >= 0.6 is 0 Å². The van der Waals surface area contributed by atoms with Gasteiger partial charge in [0.15, 0.2) is 11.7 Å². The Morgan fingerprint density at radius 1 is 1.07 bits per heavy atom. The van der Waals surface area contributed by atoms with E-state index >= 15 is 0 Å². The fraction of sp³-hybridized carbons (Fsp3) is 0.391. The first-order chi connectivity index (χ1) is 14.7. The lowest BCUT2D eigenvalue weighted by atomic mass is 10.2. The Labute approximate surface area is 177 Å². The highest BCUT2D eigenvalue weighted by atomic mass is 16.3. The maximum absolute atomic E-state index is 12.0. The van der Waals surface area contributed by atoms with Gasteiger partial charge in [0.25, 0.3) is 5.91 Å². The van der Waals surface area contributed by atoms with Crippen LogP contribution < -0.4 is 16.0 Å². The molecule has 0 bridgehead atoms. The summed E-state index contributed by atoms with van der Waals surface area (Å²) in [7, 11) is 0. The molecule has 3 rings (SSSR count). The summed E-state index contributed by atoms with van der Waals surface area (Å²) in [5.74, 6) is 1.02. The number of aromatic nitrogens is 1. The van der Waals surface area contributed by atoms with Crippen molar-refractivity contribution in [1.29, 1.82) is 0 Å². The molecule has 0 aliphatic heterocycles. The van der Waals surface area contributed by atoms with E-state index in [-0.39, 0.29) is 5.91 Å². The predicted octanol–water partition coefficient (Wildman–Crippen LogP) is 3.31. The van der Waals surface area contributed by atoms with E-state index in [0.29, 0.717) is 12.3 Å². The van der Waals surface area contributed by atoms with Crippen molar-refractivity contribution in [3.8, 4) is 0 Å². The molecule has 2 heterocycles. The van der Waals surface area contributed by atoms with Gasteiger partial charge in [-0.25, -0.2) is 0 Å². The van der Waals surface area contributed by atoms with Crippen LogP contribution in [0.25, 0.3) is 10.9 Å². The number of hydrogen-bond acceptors (Lipinski definition) is 3. The maximum atomic E-state index is 12.0. The van der Waals surface area contributed by atoms with E-state index in [9.17, 15) is 4.79 Å². The van der Waals surface area contributed by atoms with Gasteiger partial charge in [0.1, 0.15) is 0 Å². The third kappa shape index (κ3) is 5.89. The largest absolute Gasteiger partial charge is 0.459 e. The standard InChI is InChI=1S/C23H31N5O2/c1-3-24-23(26-13-6-12-25-22(29)21-18(2)11-17-30-21)27-14-7-15-28-16-10-19-8-4-5-9-20(19)28/h4-5,8-11,16-17H,3,6-7,12-15H2,1-2H3,(H,25,29)(H2,24,26,27). The average molecular weight is 410 g/mol. The third-order valence-electron chi connectivity index (χ3n) is 4.85. The zero-order chi connectivity index (χ0) is 21.2. The highest BCUT2D eigenvalue weighted by Crippen LogP contribution is 2.15. The molecule has 3 aromatic rings. The molecule has 1 aromatic carbocycles. The molecule has 0 aliphatic carbocycles. The van der Waals surface area contributed by atoms with E-state index in [1.807, 2.05) is 6.92 Å². The number of aliphatic imine (C=N–C) groups is 1. The number of para-hydroxylation sites is 1. The molecule has 0 spiro atoms. The van der Waals surface area contributed by atoms with Crippen molar-refractivity contribution in [3.05, 3.63) is 60.2 Å². The minimum atomic E-state index is -0.171. The van der Waals surface area contributed by atoms with Crippen LogP contribution in [0, 0.1) is 6.92 Å². The lowest BCUT2D eigenvalue weighted by molar-refractivity contribution is 0.0925. The molecule has 0 saturated carbocycles. The van der Waals surface area contributed by atoms with Gasteiger partial charge in [-0.1, -0.05) is 18.2 Å². The first kappa shape index (κ1) is 21.5. The molecular formula is C23H31N5O2. The topological polar surface area (TPSA) is 83.6 Å². The first-order valence-electron chi connectivity index (χ1n) is 10.6. The minimum Gasteiger partial charge on any atom is -0.459 e. The van der Waals surface area contributed by atoms with E-state index in [4.69, 9.17) is 4.42 Å². The van der Waals surface area contributed by atoms with Gasteiger partial charge >= 0.3 is 0 Å². The normalized spacial score (nSPS) is 11.6. The zero-order valence-corrected chi connectivity index (χ0v) is 17.8. The number of amides is 1. The zero-order valence-electron chi connectivity index (χ0n) is 17.8. The summed E-state index contributed by atoms with van der Waals surface area (Å²) >= 11 is 0. The van der Waals surface area contributed by atoms with Crippen LogP contribution in [0.2, 0.25) is 0 Å². The van der Waals surface area contributed by atoms with Crippen LogP contribution in [-0.2, 0) is 6.54 Å². The van der Waals surface area contributed by atoms with E-state index < -0.39 is 0 Å². The van der Waals surface area contributed by atoms with Crippen molar-refractivity contribution in [3.63, 3.8) is 0 Å². The lowest BCUT2D eigenvalue weighted by Gasteiger charge is -2.12. The average Bonchev–Trinajstić information content (AvgIpc) is 3.37. The second-order valence-electron chi connectivity index (χ2n) is 7.15. The second-order valence-corrected chi connectivity index (χ2v) is 7.15. The molecule has 7 nitrogen and oxygen atoms in total. The summed E-state index contributed by atoms with van der Waals surface area (Å²) in [5.41, 5.74) is 2.11. The third-order valence-corrected chi connectivity index (χ3v) is 4.85. The molecule has 3 N–H and O–H groups in total. The number of aryl methyl sites for hydroxylation is 2. The van der Waals surface area contributed by atoms with Crippen LogP contribution in [-0.4, -0.2) is 42.6 Å². The Hall–Kier alpha value is -3.22. The van der Waals surface area contributed by atoms with Crippen LogP contribution in [0.5, 0.6) is 0 Å². The monoisotopic (exact) mass is 409 g/mol. The van der Waals surface area contributed by atoms with Gasteiger partial charge < -0.3 is 24.9 Å². The Bertz CT molecular complexity index is 973. The summed E-state index contributed by atoms with van der Waals surface area (Å²) in [6.07, 6.45) is 5.43. The van der Waals surface area contributed by atoms with Gasteiger partial charge in [-0.15, -0.1) is 0 Å². The molecule has 7 heteroatoms. The van der Waals surface area contributed by atoms with E-state index in [1.165, 1.54) is 17.2 Å². The van der Waals surface area contributed by atoms with Gasteiger partial charge in [-0.2, -0.15) is 0 Å². The number of rotatable bonds is 10. The molecule has 0 unspecified atom stereocenters. The smallest absolute Gasteiger partial charge is 0.287 e. The molecule has 1 amide bonds. The Balaban J connectivity index is 1.36. The highest BCUT2D eigenvalue weighted by molar-refractivity contribution is 5.92. The van der Waals surface area contributed by atoms with Crippen LogP contribution in [0.4, 0.5) is 0 Å². The molecule has 0 atom stereocenters.